The molecule has 0 spiro atoms. The Kier molecular flexibility index (Phi) is 3.97. The van der Waals surface area contributed by atoms with Gasteiger partial charge in [0.15, 0.2) is 11.4 Å². The largest absolute Gasteiger partial charge is 0.365 e. The van der Waals surface area contributed by atoms with Crippen LogP contribution in [0.3, 0.4) is 0 Å². The zero-order valence-corrected chi connectivity index (χ0v) is 17.1. The van der Waals surface area contributed by atoms with Crippen LogP contribution in [0.15, 0.2) is 53.1 Å². The average molecular weight is 413 g/mol. The summed E-state index contributed by atoms with van der Waals surface area (Å²) in [6.07, 6.45) is -0.0663. The molecule has 5 aromatic rings. The van der Waals surface area contributed by atoms with Gasteiger partial charge in [-0.3, -0.25) is 4.68 Å². The summed E-state index contributed by atoms with van der Waals surface area (Å²) in [6.45, 7) is 3.03. The Morgan fingerprint density at radius 2 is 1.87 bits per heavy atom. The highest BCUT2D eigenvalue weighted by atomic mass is 16.5. The monoisotopic (exact) mass is 413 g/mol. The van der Waals surface area contributed by atoms with E-state index >= 15 is 0 Å². The standard InChI is InChI=1S/C22H19N7O2/c1-13-7-9-14(10-8-13)18-11-29-17(12-30-18)20(24-27-29)21-23-22(31-26-21)19-15-5-3-4-6-16(15)28(2)25-19/h3-10,18H,11-12H2,1-2H3/t18-/m1/s1. The molecule has 154 valence electrons. The van der Waals surface area contributed by atoms with Crippen molar-refractivity contribution >= 4 is 10.9 Å². The number of fused-ring (bicyclic) bond motifs is 2. The van der Waals surface area contributed by atoms with Gasteiger partial charge in [0.1, 0.15) is 6.10 Å². The maximum absolute atomic E-state index is 6.10. The highest BCUT2D eigenvalue weighted by Crippen LogP contribution is 2.32. The second kappa shape index (κ2) is 6.85. The molecule has 31 heavy (non-hydrogen) atoms. The lowest BCUT2D eigenvalue weighted by atomic mass is 10.1. The predicted molar refractivity (Wildman–Crippen MR) is 112 cm³/mol. The molecule has 0 saturated heterocycles. The maximum atomic E-state index is 6.10. The first-order valence-corrected chi connectivity index (χ1v) is 10.0. The van der Waals surface area contributed by atoms with Crippen LogP contribution in [0, 0.1) is 6.92 Å². The van der Waals surface area contributed by atoms with Gasteiger partial charge in [-0.25, -0.2) is 4.68 Å². The van der Waals surface area contributed by atoms with Crippen molar-refractivity contribution in [1.82, 2.24) is 34.9 Å². The first kappa shape index (κ1) is 18.0. The van der Waals surface area contributed by atoms with Gasteiger partial charge in [-0.2, -0.15) is 10.1 Å². The van der Waals surface area contributed by atoms with Gasteiger partial charge in [-0.15, -0.1) is 5.10 Å². The summed E-state index contributed by atoms with van der Waals surface area (Å²) in [6, 6.07) is 16.3. The zero-order valence-electron chi connectivity index (χ0n) is 17.1. The number of nitrogens with zero attached hydrogens (tertiary/aromatic N) is 7. The van der Waals surface area contributed by atoms with Gasteiger partial charge in [-0.05, 0) is 18.6 Å². The van der Waals surface area contributed by atoms with E-state index in [1.807, 2.05) is 36.0 Å². The van der Waals surface area contributed by atoms with Gasteiger partial charge in [0.25, 0.3) is 5.89 Å². The number of para-hydroxylation sites is 1. The van der Waals surface area contributed by atoms with Gasteiger partial charge in [0.2, 0.25) is 5.82 Å². The summed E-state index contributed by atoms with van der Waals surface area (Å²) in [7, 11) is 1.89. The Morgan fingerprint density at radius 3 is 2.74 bits per heavy atom. The fraction of sp³-hybridized carbons (Fsp3) is 0.227. The van der Waals surface area contributed by atoms with E-state index in [9.17, 15) is 0 Å². The normalized spacial score (nSPS) is 16.0. The van der Waals surface area contributed by atoms with Gasteiger partial charge in [-0.1, -0.05) is 58.4 Å². The molecule has 0 fully saturated rings. The van der Waals surface area contributed by atoms with Crippen molar-refractivity contribution in [3.05, 3.63) is 65.4 Å². The van der Waals surface area contributed by atoms with Crippen LogP contribution < -0.4 is 0 Å². The van der Waals surface area contributed by atoms with Gasteiger partial charge in [0.05, 0.1) is 24.4 Å². The Morgan fingerprint density at radius 1 is 1.03 bits per heavy atom. The summed E-state index contributed by atoms with van der Waals surface area (Å²) in [5.41, 5.74) is 5.38. The highest BCUT2D eigenvalue weighted by Gasteiger charge is 2.28. The van der Waals surface area contributed by atoms with E-state index in [1.54, 1.807) is 4.68 Å². The second-order valence-electron chi connectivity index (χ2n) is 7.69. The molecule has 0 amide bonds. The number of hydrogen-bond donors (Lipinski definition) is 0. The topological polar surface area (TPSA) is 96.7 Å². The van der Waals surface area contributed by atoms with Crippen molar-refractivity contribution in [1.29, 1.82) is 0 Å². The fourth-order valence-electron chi connectivity index (χ4n) is 3.96. The Labute approximate surface area is 177 Å². The minimum absolute atomic E-state index is 0.0663. The Balaban J connectivity index is 1.31. The maximum Gasteiger partial charge on any atom is 0.279 e. The van der Waals surface area contributed by atoms with E-state index in [0.717, 1.165) is 22.2 Å². The molecular weight excluding hydrogens is 394 g/mol. The van der Waals surface area contributed by atoms with Crippen molar-refractivity contribution in [3.63, 3.8) is 0 Å². The SMILES string of the molecule is Cc1ccc([C@H]2Cn3nnc(-c4noc(-c5nn(C)c6ccccc56)n4)c3CO2)cc1. The van der Waals surface area contributed by atoms with E-state index in [1.165, 1.54) is 5.56 Å². The quantitative estimate of drug-likeness (QED) is 0.447. The number of hydrogen-bond acceptors (Lipinski definition) is 7. The third kappa shape index (κ3) is 2.93. The van der Waals surface area contributed by atoms with Crippen LogP contribution in [0.4, 0.5) is 0 Å². The summed E-state index contributed by atoms with van der Waals surface area (Å²) >= 11 is 0. The molecule has 6 rings (SSSR count). The molecule has 9 nitrogen and oxygen atoms in total. The molecule has 2 aromatic carbocycles. The first-order chi connectivity index (χ1) is 15.2. The molecule has 0 bridgehead atoms. The zero-order chi connectivity index (χ0) is 20.9. The van der Waals surface area contributed by atoms with E-state index < -0.39 is 0 Å². The van der Waals surface area contributed by atoms with Crippen molar-refractivity contribution in [2.24, 2.45) is 7.05 Å². The summed E-state index contributed by atoms with van der Waals surface area (Å²) in [5, 5.41) is 18.3. The molecule has 3 aromatic heterocycles. The lowest BCUT2D eigenvalue weighted by molar-refractivity contribution is -0.00112. The lowest BCUT2D eigenvalue weighted by Gasteiger charge is -2.24. The Bertz CT molecular complexity index is 1400. The van der Waals surface area contributed by atoms with Crippen LogP contribution in [0.5, 0.6) is 0 Å². The Hall–Kier alpha value is -3.85. The van der Waals surface area contributed by atoms with E-state index in [0.29, 0.717) is 36.3 Å². The van der Waals surface area contributed by atoms with Crippen LogP contribution in [0.2, 0.25) is 0 Å². The molecule has 9 heteroatoms. The minimum Gasteiger partial charge on any atom is -0.365 e. The van der Waals surface area contributed by atoms with Crippen LogP contribution in [0.25, 0.3) is 34.0 Å². The van der Waals surface area contributed by atoms with Crippen LogP contribution in [0.1, 0.15) is 22.9 Å². The molecule has 0 saturated carbocycles. The third-order valence-electron chi connectivity index (χ3n) is 5.64. The smallest absolute Gasteiger partial charge is 0.279 e. The molecule has 0 radical (unpaired) electrons. The minimum atomic E-state index is -0.0663. The molecule has 1 aliphatic heterocycles. The van der Waals surface area contributed by atoms with Crippen molar-refractivity contribution in [3.8, 4) is 23.1 Å². The second-order valence-corrected chi connectivity index (χ2v) is 7.69. The van der Waals surface area contributed by atoms with Crippen molar-refractivity contribution < 1.29 is 9.26 Å². The summed E-state index contributed by atoms with van der Waals surface area (Å²) < 4.78 is 15.3. The number of aromatic nitrogens is 7. The van der Waals surface area contributed by atoms with E-state index in [4.69, 9.17) is 9.26 Å². The highest BCUT2D eigenvalue weighted by molar-refractivity contribution is 5.91. The molecule has 4 heterocycles. The van der Waals surface area contributed by atoms with Crippen LogP contribution >= 0.6 is 0 Å². The summed E-state index contributed by atoms with van der Waals surface area (Å²) in [4.78, 5) is 4.56. The average Bonchev–Trinajstić information content (AvgIpc) is 3.51. The first-order valence-electron chi connectivity index (χ1n) is 10.0. The molecular formula is C22H19N7O2. The lowest BCUT2D eigenvalue weighted by Crippen LogP contribution is -2.22. The van der Waals surface area contributed by atoms with Crippen LogP contribution in [-0.2, 0) is 24.9 Å². The van der Waals surface area contributed by atoms with Crippen molar-refractivity contribution in [2.75, 3.05) is 0 Å². The van der Waals surface area contributed by atoms with E-state index in [2.05, 4.69) is 56.7 Å². The number of rotatable bonds is 3. The van der Waals surface area contributed by atoms with Gasteiger partial charge >= 0.3 is 0 Å². The molecule has 1 atom stereocenters. The molecule has 1 aliphatic rings. The van der Waals surface area contributed by atoms with Crippen LogP contribution in [-0.4, -0.2) is 34.9 Å². The van der Waals surface area contributed by atoms with Gasteiger partial charge < -0.3 is 9.26 Å². The van der Waals surface area contributed by atoms with Gasteiger partial charge in [0, 0.05) is 12.4 Å². The van der Waals surface area contributed by atoms with E-state index in [-0.39, 0.29) is 6.10 Å². The molecule has 0 unspecified atom stereocenters. The molecule has 0 aliphatic carbocycles. The number of aryl methyl sites for hydroxylation is 2. The fourth-order valence-corrected chi connectivity index (χ4v) is 3.96. The van der Waals surface area contributed by atoms with Crippen molar-refractivity contribution in [2.45, 2.75) is 26.2 Å². The number of benzene rings is 2. The third-order valence-corrected chi connectivity index (χ3v) is 5.64. The predicted octanol–water partition coefficient (Wildman–Crippen LogP) is 3.46. The summed E-state index contributed by atoms with van der Waals surface area (Å²) in [5.74, 6) is 0.728. The molecule has 0 N–H and O–H groups in total. The number of ether oxygens (including phenoxy) is 1.